The Bertz CT molecular complexity index is 1110. The minimum atomic E-state index is -0.675. The van der Waals surface area contributed by atoms with Gasteiger partial charge in [0.2, 0.25) is 0 Å². The molecular formula is C23H19FN2O5. The summed E-state index contributed by atoms with van der Waals surface area (Å²) in [5, 5.41) is 3.82. The summed E-state index contributed by atoms with van der Waals surface area (Å²) in [4.78, 5) is 24.3. The van der Waals surface area contributed by atoms with Gasteiger partial charge in [-0.25, -0.2) is 14.6 Å². The summed E-state index contributed by atoms with van der Waals surface area (Å²) < 4.78 is 29.4. The number of ether oxygens (including phenoxy) is 3. The van der Waals surface area contributed by atoms with Crippen LogP contribution >= 0.6 is 0 Å². The van der Waals surface area contributed by atoms with E-state index < -0.39 is 17.7 Å². The summed E-state index contributed by atoms with van der Waals surface area (Å²) in [6.45, 7) is 0. The van der Waals surface area contributed by atoms with E-state index in [-0.39, 0.29) is 11.3 Å². The number of methoxy groups -OCH3 is 2. The van der Waals surface area contributed by atoms with Crippen LogP contribution in [0.25, 0.3) is 0 Å². The second kappa shape index (κ2) is 10.0. The van der Waals surface area contributed by atoms with Crippen molar-refractivity contribution in [3.63, 3.8) is 0 Å². The third-order valence-corrected chi connectivity index (χ3v) is 4.21. The zero-order chi connectivity index (χ0) is 22.2. The van der Waals surface area contributed by atoms with Crippen molar-refractivity contribution in [3.8, 4) is 17.2 Å². The largest absolute Gasteiger partial charge is 0.497 e. The van der Waals surface area contributed by atoms with Crippen LogP contribution in [0.3, 0.4) is 0 Å². The smallest absolute Gasteiger partial charge is 0.343 e. The highest BCUT2D eigenvalue weighted by Gasteiger charge is 2.13. The highest BCUT2D eigenvalue weighted by molar-refractivity contribution is 5.95. The van der Waals surface area contributed by atoms with Crippen molar-refractivity contribution in [2.75, 3.05) is 14.2 Å². The van der Waals surface area contributed by atoms with E-state index >= 15 is 0 Å². The van der Waals surface area contributed by atoms with Crippen molar-refractivity contribution in [2.45, 2.75) is 0 Å². The Kier molecular flexibility index (Phi) is 6.95. The Morgan fingerprint density at radius 2 is 1.68 bits per heavy atom. The number of nitrogens with one attached hydrogen (secondary N) is 1. The number of hydrazone groups is 1. The molecule has 158 valence electrons. The maximum Gasteiger partial charge on any atom is 0.343 e. The van der Waals surface area contributed by atoms with Gasteiger partial charge < -0.3 is 14.2 Å². The number of hydrogen-bond donors (Lipinski definition) is 1. The van der Waals surface area contributed by atoms with Crippen molar-refractivity contribution in [3.05, 3.63) is 89.2 Å². The molecule has 1 amide bonds. The molecule has 0 fully saturated rings. The fraction of sp³-hybridized carbons (Fsp3) is 0.0870. The van der Waals surface area contributed by atoms with Gasteiger partial charge in [-0.05, 0) is 60.2 Å². The number of hydrogen-bond acceptors (Lipinski definition) is 6. The quantitative estimate of drug-likeness (QED) is 0.271. The summed E-state index contributed by atoms with van der Waals surface area (Å²) in [5.74, 6) is -0.729. The molecule has 0 radical (unpaired) electrons. The molecule has 3 aromatic carbocycles. The Hall–Kier alpha value is -4.20. The normalized spacial score (nSPS) is 10.5. The Labute approximate surface area is 178 Å². The molecule has 0 aliphatic heterocycles. The van der Waals surface area contributed by atoms with Gasteiger partial charge >= 0.3 is 5.97 Å². The SMILES string of the molecule is COc1ccc(C(=O)Oc2ccc(/C=N\NC(=O)c3ccccc3F)cc2OC)cc1. The molecule has 0 heterocycles. The van der Waals surface area contributed by atoms with Gasteiger partial charge in [-0.3, -0.25) is 4.79 Å². The number of nitrogens with zero attached hydrogens (tertiary/aromatic N) is 1. The van der Waals surface area contributed by atoms with E-state index in [1.807, 2.05) is 0 Å². The number of amides is 1. The van der Waals surface area contributed by atoms with Crippen LogP contribution in [0.4, 0.5) is 4.39 Å². The third kappa shape index (κ3) is 5.45. The molecule has 8 heteroatoms. The van der Waals surface area contributed by atoms with Crippen molar-refractivity contribution in [1.29, 1.82) is 0 Å². The van der Waals surface area contributed by atoms with Crippen LogP contribution in [-0.2, 0) is 0 Å². The molecule has 0 spiro atoms. The van der Waals surface area contributed by atoms with Gasteiger partial charge in [-0.15, -0.1) is 0 Å². The Balaban J connectivity index is 1.67. The van der Waals surface area contributed by atoms with E-state index in [1.54, 1.807) is 48.5 Å². The molecule has 3 aromatic rings. The molecule has 0 aliphatic rings. The van der Waals surface area contributed by atoms with Crippen molar-refractivity contribution in [2.24, 2.45) is 5.10 Å². The highest BCUT2D eigenvalue weighted by Crippen LogP contribution is 2.28. The Morgan fingerprint density at radius 3 is 2.35 bits per heavy atom. The summed E-state index contributed by atoms with van der Waals surface area (Å²) in [7, 11) is 2.97. The number of benzene rings is 3. The molecule has 0 aliphatic carbocycles. The summed E-state index contributed by atoms with van der Waals surface area (Å²) in [5.41, 5.74) is 3.06. The monoisotopic (exact) mass is 422 g/mol. The maximum atomic E-state index is 13.6. The molecule has 0 atom stereocenters. The lowest BCUT2D eigenvalue weighted by Crippen LogP contribution is -2.18. The van der Waals surface area contributed by atoms with Crippen LogP contribution in [0, 0.1) is 5.82 Å². The number of carbonyl (C=O) groups is 2. The maximum absolute atomic E-state index is 13.6. The second-order valence-corrected chi connectivity index (χ2v) is 6.21. The molecule has 0 bridgehead atoms. The Morgan fingerprint density at radius 1 is 0.935 bits per heavy atom. The van der Waals surface area contributed by atoms with Gasteiger partial charge in [0.05, 0.1) is 31.6 Å². The first-order chi connectivity index (χ1) is 15.0. The lowest BCUT2D eigenvalue weighted by molar-refractivity contribution is 0.0729. The van der Waals surface area contributed by atoms with E-state index in [4.69, 9.17) is 14.2 Å². The highest BCUT2D eigenvalue weighted by atomic mass is 19.1. The molecule has 1 N–H and O–H groups in total. The molecule has 0 aromatic heterocycles. The molecule has 3 rings (SSSR count). The lowest BCUT2D eigenvalue weighted by Gasteiger charge is -2.10. The van der Waals surface area contributed by atoms with Gasteiger partial charge in [0.25, 0.3) is 5.91 Å². The molecule has 0 saturated heterocycles. The topological polar surface area (TPSA) is 86.2 Å². The summed E-state index contributed by atoms with van der Waals surface area (Å²) in [6, 6.07) is 16.8. The summed E-state index contributed by atoms with van der Waals surface area (Å²) >= 11 is 0. The first-order valence-corrected chi connectivity index (χ1v) is 9.14. The van der Waals surface area contributed by atoms with Crippen LogP contribution in [-0.4, -0.2) is 32.3 Å². The van der Waals surface area contributed by atoms with E-state index in [2.05, 4.69) is 10.5 Å². The van der Waals surface area contributed by atoms with Crippen LogP contribution in [0.5, 0.6) is 17.2 Å². The predicted octanol–water partition coefficient (Wildman–Crippen LogP) is 3.83. The zero-order valence-corrected chi connectivity index (χ0v) is 16.8. The standard InChI is InChI=1S/C23H19FN2O5/c1-29-17-10-8-16(9-11-17)23(28)31-20-12-7-15(13-21(20)30-2)14-25-26-22(27)18-5-3-4-6-19(18)24/h3-14H,1-2H3,(H,26,27)/b25-14-. The van der Waals surface area contributed by atoms with Gasteiger partial charge in [0.15, 0.2) is 11.5 Å². The van der Waals surface area contributed by atoms with Crippen LogP contribution in [0.2, 0.25) is 0 Å². The van der Waals surface area contributed by atoms with E-state index in [0.717, 1.165) is 0 Å². The fourth-order valence-corrected chi connectivity index (χ4v) is 2.61. The van der Waals surface area contributed by atoms with Gasteiger partial charge in [0.1, 0.15) is 11.6 Å². The average Bonchev–Trinajstić information content (AvgIpc) is 2.80. The average molecular weight is 422 g/mol. The van der Waals surface area contributed by atoms with E-state index in [1.165, 1.54) is 38.6 Å². The first kappa shape index (κ1) is 21.5. The lowest BCUT2D eigenvalue weighted by atomic mass is 10.2. The fourth-order valence-electron chi connectivity index (χ4n) is 2.61. The minimum Gasteiger partial charge on any atom is -0.497 e. The number of halogens is 1. The van der Waals surface area contributed by atoms with Crippen LogP contribution in [0.1, 0.15) is 26.3 Å². The van der Waals surface area contributed by atoms with E-state index in [9.17, 15) is 14.0 Å². The number of rotatable bonds is 7. The van der Waals surface area contributed by atoms with Crippen molar-refractivity contribution >= 4 is 18.1 Å². The first-order valence-electron chi connectivity index (χ1n) is 9.14. The van der Waals surface area contributed by atoms with Crippen LogP contribution in [0.15, 0.2) is 71.8 Å². The summed E-state index contributed by atoms with van der Waals surface area (Å²) in [6.07, 6.45) is 1.36. The number of carbonyl (C=O) groups excluding carboxylic acids is 2. The zero-order valence-electron chi connectivity index (χ0n) is 16.8. The van der Waals surface area contributed by atoms with E-state index in [0.29, 0.717) is 22.6 Å². The van der Waals surface area contributed by atoms with Gasteiger partial charge in [-0.1, -0.05) is 12.1 Å². The second-order valence-electron chi connectivity index (χ2n) is 6.21. The molecular weight excluding hydrogens is 403 g/mol. The molecule has 7 nitrogen and oxygen atoms in total. The molecule has 31 heavy (non-hydrogen) atoms. The number of esters is 1. The van der Waals surface area contributed by atoms with Gasteiger partial charge in [-0.2, -0.15) is 5.10 Å². The van der Waals surface area contributed by atoms with Crippen molar-refractivity contribution < 1.29 is 28.2 Å². The minimum absolute atomic E-state index is 0.113. The van der Waals surface area contributed by atoms with Crippen LogP contribution < -0.4 is 19.6 Å². The van der Waals surface area contributed by atoms with Crippen molar-refractivity contribution in [1.82, 2.24) is 5.43 Å². The third-order valence-electron chi connectivity index (χ3n) is 4.21. The molecule has 0 unspecified atom stereocenters. The predicted molar refractivity (Wildman–Crippen MR) is 112 cm³/mol. The van der Waals surface area contributed by atoms with Gasteiger partial charge in [0, 0.05) is 0 Å². The molecule has 0 saturated carbocycles.